The molecule has 0 aliphatic carbocycles. The number of hydrogen-bond acceptors (Lipinski definition) is 6. The van der Waals surface area contributed by atoms with E-state index in [1.165, 1.54) is 23.5 Å². The third kappa shape index (κ3) is 3.45. The lowest BCUT2D eigenvalue weighted by Crippen LogP contribution is -2.12. The van der Waals surface area contributed by atoms with Gasteiger partial charge < -0.3 is 9.73 Å². The fourth-order valence-corrected chi connectivity index (χ4v) is 4.11. The molecule has 0 saturated carbocycles. The molecule has 10 heteroatoms. The first-order valence-corrected chi connectivity index (χ1v) is 9.40. The van der Waals surface area contributed by atoms with E-state index in [4.69, 9.17) is 27.6 Å². The van der Waals surface area contributed by atoms with Crippen molar-refractivity contribution in [3.63, 3.8) is 0 Å². The quantitative estimate of drug-likeness (QED) is 0.313. The van der Waals surface area contributed by atoms with Gasteiger partial charge in [-0.3, -0.25) is 14.9 Å². The Bertz CT molecular complexity index is 1200. The van der Waals surface area contributed by atoms with E-state index >= 15 is 0 Å². The maximum Gasteiger partial charge on any atom is 0.433 e. The number of hydrogen-bond donors (Lipinski definition) is 1. The van der Waals surface area contributed by atoms with Gasteiger partial charge in [0, 0.05) is 10.6 Å². The first-order chi connectivity index (χ1) is 13.4. The average Bonchev–Trinajstić information content (AvgIpc) is 3.30. The summed E-state index contributed by atoms with van der Waals surface area (Å²) in [6, 6.07) is 13.0. The van der Waals surface area contributed by atoms with Crippen LogP contribution in [-0.4, -0.2) is 15.8 Å². The largest absolute Gasteiger partial charge is 0.433 e. The van der Waals surface area contributed by atoms with Gasteiger partial charge in [-0.15, -0.1) is 11.3 Å². The molecule has 28 heavy (non-hydrogen) atoms. The highest BCUT2D eigenvalue weighted by molar-refractivity contribution is 7.21. The Labute approximate surface area is 171 Å². The van der Waals surface area contributed by atoms with Gasteiger partial charge in [-0.05, 0) is 30.3 Å². The van der Waals surface area contributed by atoms with E-state index in [2.05, 4.69) is 10.3 Å². The highest BCUT2D eigenvalue weighted by Crippen LogP contribution is 2.40. The molecule has 2 aromatic carbocycles. The number of carbonyl (C=O) groups is 1. The normalized spacial score (nSPS) is 10.9. The highest BCUT2D eigenvalue weighted by atomic mass is 35.5. The van der Waals surface area contributed by atoms with Crippen LogP contribution in [0.15, 0.2) is 52.9 Å². The van der Waals surface area contributed by atoms with Crippen LogP contribution in [0.5, 0.6) is 0 Å². The molecule has 4 aromatic rings. The van der Waals surface area contributed by atoms with E-state index in [1.807, 2.05) is 24.3 Å². The first kappa shape index (κ1) is 18.4. The molecule has 0 radical (unpaired) electrons. The number of anilines is 1. The Morgan fingerprint density at radius 2 is 1.96 bits per heavy atom. The number of aromatic nitrogens is 1. The Kier molecular flexibility index (Phi) is 4.76. The van der Waals surface area contributed by atoms with Gasteiger partial charge in [0.2, 0.25) is 0 Å². The molecular weight excluding hydrogens is 425 g/mol. The maximum absolute atomic E-state index is 12.5. The van der Waals surface area contributed by atoms with E-state index in [9.17, 15) is 14.9 Å². The van der Waals surface area contributed by atoms with Crippen LogP contribution in [0.4, 0.5) is 11.6 Å². The number of carbonyl (C=O) groups excluding carboxylic acids is 1. The zero-order valence-corrected chi connectivity index (χ0v) is 16.1. The molecule has 0 unspecified atom stereocenters. The molecule has 0 fully saturated rings. The number of amides is 1. The Hall–Kier alpha value is -2.94. The van der Waals surface area contributed by atoms with Crippen molar-refractivity contribution in [2.45, 2.75) is 0 Å². The standard InChI is InChI=1S/C18H9Cl2N3O4S/c19-9-7-10(18-21-12-3-1-2-4-14(12)28-18)16(11(20)8-9)22-17(24)13-5-6-15(27-13)23(25)26/h1-8H,(H,22,24). The van der Waals surface area contributed by atoms with Gasteiger partial charge in [-0.1, -0.05) is 35.3 Å². The van der Waals surface area contributed by atoms with Crippen LogP contribution in [0.25, 0.3) is 20.8 Å². The van der Waals surface area contributed by atoms with Crippen molar-refractivity contribution in [1.29, 1.82) is 0 Å². The molecule has 1 N–H and O–H groups in total. The van der Waals surface area contributed by atoms with E-state index in [0.29, 0.717) is 15.6 Å². The lowest BCUT2D eigenvalue weighted by atomic mass is 10.1. The minimum atomic E-state index is -0.724. The summed E-state index contributed by atoms with van der Waals surface area (Å²) in [5.74, 6) is -1.42. The van der Waals surface area contributed by atoms with Crippen LogP contribution < -0.4 is 5.32 Å². The molecule has 1 amide bonds. The van der Waals surface area contributed by atoms with Crippen molar-refractivity contribution in [2.24, 2.45) is 0 Å². The van der Waals surface area contributed by atoms with Gasteiger partial charge in [0.15, 0.2) is 5.76 Å². The number of nitro groups is 1. The van der Waals surface area contributed by atoms with Crippen molar-refractivity contribution in [2.75, 3.05) is 5.32 Å². The van der Waals surface area contributed by atoms with Crippen molar-refractivity contribution < 1.29 is 14.1 Å². The topological polar surface area (TPSA) is 98.3 Å². The van der Waals surface area contributed by atoms with E-state index in [1.54, 1.807) is 6.07 Å². The molecule has 4 rings (SSSR count). The van der Waals surface area contributed by atoms with Crippen LogP contribution in [-0.2, 0) is 0 Å². The predicted octanol–water partition coefficient (Wildman–Crippen LogP) is 6.02. The number of thiazole rings is 1. The van der Waals surface area contributed by atoms with Crippen LogP contribution in [0, 0.1) is 10.1 Å². The van der Waals surface area contributed by atoms with Crippen LogP contribution in [0.2, 0.25) is 10.0 Å². The number of benzene rings is 2. The van der Waals surface area contributed by atoms with Gasteiger partial charge >= 0.3 is 5.88 Å². The Morgan fingerprint density at radius 3 is 2.68 bits per heavy atom. The molecule has 0 aliphatic heterocycles. The lowest BCUT2D eigenvalue weighted by molar-refractivity contribution is -0.402. The number of rotatable bonds is 4. The molecule has 0 atom stereocenters. The summed E-state index contributed by atoms with van der Waals surface area (Å²) in [5.41, 5.74) is 1.62. The summed E-state index contributed by atoms with van der Waals surface area (Å²) in [5, 5.41) is 14.6. The van der Waals surface area contributed by atoms with Gasteiger partial charge in [-0.25, -0.2) is 4.98 Å². The summed E-state index contributed by atoms with van der Waals surface area (Å²) < 4.78 is 5.91. The predicted molar refractivity (Wildman–Crippen MR) is 108 cm³/mol. The zero-order chi connectivity index (χ0) is 19.8. The molecule has 140 valence electrons. The molecular formula is C18H9Cl2N3O4S. The second kappa shape index (κ2) is 7.23. The summed E-state index contributed by atoms with van der Waals surface area (Å²) in [4.78, 5) is 27.1. The summed E-state index contributed by atoms with van der Waals surface area (Å²) in [7, 11) is 0. The van der Waals surface area contributed by atoms with Crippen LogP contribution in [0.3, 0.4) is 0 Å². The third-order valence-electron chi connectivity index (χ3n) is 3.81. The zero-order valence-electron chi connectivity index (χ0n) is 13.8. The number of furan rings is 1. The van der Waals surface area contributed by atoms with Crippen LogP contribution in [0.1, 0.15) is 10.6 Å². The van der Waals surface area contributed by atoms with E-state index in [0.717, 1.165) is 16.3 Å². The average molecular weight is 434 g/mol. The van der Waals surface area contributed by atoms with Gasteiger partial charge in [0.1, 0.15) is 9.93 Å². The summed E-state index contributed by atoms with van der Waals surface area (Å²) >= 11 is 13.9. The Morgan fingerprint density at radius 1 is 1.18 bits per heavy atom. The maximum atomic E-state index is 12.5. The Balaban J connectivity index is 1.76. The molecule has 0 spiro atoms. The van der Waals surface area contributed by atoms with Crippen molar-refractivity contribution >= 4 is 62.2 Å². The van der Waals surface area contributed by atoms with E-state index in [-0.39, 0.29) is 16.5 Å². The van der Waals surface area contributed by atoms with Crippen molar-refractivity contribution in [1.82, 2.24) is 4.98 Å². The van der Waals surface area contributed by atoms with Gasteiger partial charge in [0.05, 0.1) is 27.0 Å². The molecule has 2 heterocycles. The van der Waals surface area contributed by atoms with Crippen molar-refractivity contribution in [3.05, 3.63) is 74.5 Å². The third-order valence-corrected chi connectivity index (χ3v) is 5.40. The van der Waals surface area contributed by atoms with Gasteiger partial charge in [-0.2, -0.15) is 0 Å². The second-order valence-corrected chi connectivity index (χ2v) is 7.52. The smallest absolute Gasteiger partial charge is 0.395 e. The summed E-state index contributed by atoms with van der Waals surface area (Å²) in [6.45, 7) is 0. The summed E-state index contributed by atoms with van der Waals surface area (Å²) in [6.07, 6.45) is 0. The van der Waals surface area contributed by atoms with Gasteiger partial charge in [0.25, 0.3) is 5.91 Å². The molecule has 0 saturated heterocycles. The SMILES string of the molecule is O=C(Nc1c(Cl)cc(Cl)cc1-c1nc2ccccc2s1)c1ccc([N+](=O)[O-])o1. The number of halogens is 2. The minimum absolute atomic E-state index is 0.205. The number of nitrogens with one attached hydrogen (secondary N) is 1. The lowest BCUT2D eigenvalue weighted by Gasteiger charge is -2.11. The van der Waals surface area contributed by atoms with Crippen molar-refractivity contribution in [3.8, 4) is 10.6 Å². The monoisotopic (exact) mass is 433 g/mol. The fourth-order valence-electron chi connectivity index (χ4n) is 2.58. The van der Waals surface area contributed by atoms with Crippen LogP contribution >= 0.6 is 34.5 Å². The van der Waals surface area contributed by atoms with E-state index < -0.39 is 16.7 Å². The highest BCUT2D eigenvalue weighted by Gasteiger charge is 2.21. The molecule has 0 bridgehead atoms. The minimum Gasteiger partial charge on any atom is -0.395 e. The second-order valence-electron chi connectivity index (χ2n) is 5.65. The number of para-hydroxylation sites is 1. The number of fused-ring (bicyclic) bond motifs is 1. The number of nitrogens with zero attached hydrogens (tertiary/aromatic N) is 2. The first-order valence-electron chi connectivity index (χ1n) is 7.83. The molecule has 2 aromatic heterocycles. The molecule has 7 nitrogen and oxygen atoms in total. The fraction of sp³-hybridized carbons (Fsp3) is 0. The molecule has 0 aliphatic rings.